The van der Waals surface area contributed by atoms with Gasteiger partial charge in [0.1, 0.15) is 6.07 Å². The molecule has 1 saturated carbocycles. The van der Waals surface area contributed by atoms with E-state index in [2.05, 4.69) is 38.4 Å². The van der Waals surface area contributed by atoms with E-state index in [1.807, 2.05) is 23.2 Å². The fourth-order valence-electron chi connectivity index (χ4n) is 8.07. The topological polar surface area (TPSA) is 124 Å². The molecule has 0 spiro atoms. The molecule has 2 aromatic carbocycles. The Morgan fingerprint density at radius 1 is 0.843 bits per heavy atom. The van der Waals surface area contributed by atoms with Crippen LogP contribution in [-0.2, 0) is 40.0 Å². The van der Waals surface area contributed by atoms with Crippen molar-refractivity contribution < 1.29 is 9.59 Å². The van der Waals surface area contributed by atoms with Gasteiger partial charge < -0.3 is 19.8 Å². The van der Waals surface area contributed by atoms with Gasteiger partial charge in [-0.3, -0.25) is 19.4 Å². The standard InChI is InChI=1S/C39H46ClN9O2/c1-4-48-20-17-33-31(23-48)42-37(46(33)2)39(51)45-30-15-9-13-27(35(30)40)26-12-8-14-29(28(26)22-41)44-38(50)36-43-32-24-49(21-18-34(32)47(36)3)19-16-25-10-6-5-7-11-25/h8-9,12-15,25H,4-7,10-11,16-21,23-24H2,1-3H3,(H,44,50)(H,45,51). The van der Waals surface area contributed by atoms with E-state index in [1.54, 1.807) is 36.4 Å². The van der Waals surface area contributed by atoms with E-state index in [9.17, 15) is 14.9 Å². The zero-order valence-electron chi connectivity index (χ0n) is 29.8. The van der Waals surface area contributed by atoms with Crippen LogP contribution in [0, 0.1) is 17.2 Å². The van der Waals surface area contributed by atoms with Crippen molar-refractivity contribution in [3.63, 3.8) is 0 Å². The number of rotatable bonds is 9. The van der Waals surface area contributed by atoms with Gasteiger partial charge in [-0.25, -0.2) is 9.97 Å². The Morgan fingerprint density at radius 2 is 1.41 bits per heavy atom. The van der Waals surface area contributed by atoms with E-state index in [1.165, 1.54) is 38.5 Å². The van der Waals surface area contributed by atoms with Crippen LogP contribution < -0.4 is 10.6 Å². The van der Waals surface area contributed by atoms with Crippen LogP contribution in [0.3, 0.4) is 0 Å². The Kier molecular flexibility index (Phi) is 10.3. The molecule has 4 heterocycles. The molecule has 12 heteroatoms. The monoisotopic (exact) mass is 707 g/mol. The lowest BCUT2D eigenvalue weighted by atomic mass is 9.87. The number of anilines is 2. The van der Waals surface area contributed by atoms with Crippen LogP contribution in [0.4, 0.5) is 11.4 Å². The average molecular weight is 708 g/mol. The maximum absolute atomic E-state index is 13.7. The van der Waals surface area contributed by atoms with E-state index in [4.69, 9.17) is 16.6 Å². The molecule has 1 fully saturated rings. The molecule has 51 heavy (non-hydrogen) atoms. The van der Waals surface area contributed by atoms with Crippen LogP contribution >= 0.6 is 11.6 Å². The van der Waals surface area contributed by atoms with Gasteiger partial charge in [0.05, 0.1) is 33.3 Å². The van der Waals surface area contributed by atoms with Gasteiger partial charge in [-0.05, 0) is 37.6 Å². The fraction of sp³-hybridized carbons (Fsp3) is 0.462. The van der Waals surface area contributed by atoms with Crippen molar-refractivity contribution in [2.24, 2.45) is 20.0 Å². The Hall–Kier alpha value is -4.50. The molecule has 4 aromatic rings. The summed E-state index contributed by atoms with van der Waals surface area (Å²) in [5.74, 6) is 0.743. The normalized spacial score (nSPS) is 16.7. The lowest BCUT2D eigenvalue weighted by Gasteiger charge is -2.29. The zero-order valence-corrected chi connectivity index (χ0v) is 30.5. The molecule has 2 amide bonds. The lowest BCUT2D eigenvalue weighted by molar-refractivity contribution is 0.100. The van der Waals surface area contributed by atoms with E-state index in [0.717, 1.165) is 74.3 Å². The van der Waals surface area contributed by atoms with Gasteiger partial charge >= 0.3 is 0 Å². The van der Waals surface area contributed by atoms with E-state index >= 15 is 0 Å². The highest BCUT2D eigenvalue weighted by atomic mass is 35.5. The average Bonchev–Trinajstić information content (AvgIpc) is 3.67. The van der Waals surface area contributed by atoms with Crippen molar-refractivity contribution in [2.45, 2.75) is 71.4 Å². The van der Waals surface area contributed by atoms with Crippen LogP contribution in [0.25, 0.3) is 11.1 Å². The van der Waals surface area contributed by atoms with Crippen molar-refractivity contribution in [3.05, 3.63) is 81.4 Å². The minimum atomic E-state index is -0.374. The maximum atomic E-state index is 13.7. The Balaban J connectivity index is 1.07. The number of hydrogen-bond donors (Lipinski definition) is 2. The second kappa shape index (κ2) is 15.0. The molecule has 2 N–H and O–H groups in total. The minimum Gasteiger partial charge on any atom is -0.327 e. The molecule has 1 aliphatic carbocycles. The predicted octanol–water partition coefficient (Wildman–Crippen LogP) is 6.56. The largest absolute Gasteiger partial charge is 0.327 e. The summed E-state index contributed by atoms with van der Waals surface area (Å²) in [6.45, 7) is 7.47. The van der Waals surface area contributed by atoms with Gasteiger partial charge in [-0.2, -0.15) is 5.26 Å². The quantitative estimate of drug-likeness (QED) is 0.202. The molecule has 0 unspecified atom stereocenters. The third kappa shape index (κ3) is 7.05. The van der Waals surface area contributed by atoms with Crippen LogP contribution in [0.15, 0.2) is 36.4 Å². The first-order valence-electron chi connectivity index (χ1n) is 18.2. The second-order valence-electron chi connectivity index (χ2n) is 14.1. The highest BCUT2D eigenvalue weighted by molar-refractivity contribution is 6.36. The molecule has 0 atom stereocenters. The summed E-state index contributed by atoms with van der Waals surface area (Å²) >= 11 is 6.93. The number of carbonyl (C=O) groups excluding carboxylic acids is 2. The highest BCUT2D eigenvalue weighted by Crippen LogP contribution is 2.38. The molecule has 2 aliphatic heterocycles. The summed E-state index contributed by atoms with van der Waals surface area (Å²) < 4.78 is 3.75. The fourth-order valence-corrected chi connectivity index (χ4v) is 8.34. The molecular formula is C39H46ClN9O2. The molecule has 7 rings (SSSR count). The van der Waals surface area contributed by atoms with Gasteiger partial charge in [-0.15, -0.1) is 0 Å². The zero-order chi connectivity index (χ0) is 35.6. The number of benzene rings is 2. The van der Waals surface area contributed by atoms with Crippen molar-refractivity contribution >= 4 is 34.8 Å². The molecule has 0 saturated heterocycles. The first kappa shape index (κ1) is 34.9. The molecule has 0 bridgehead atoms. The summed E-state index contributed by atoms with van der Waals surface area (Å²) in [5, 5.41) is 16.5. The third-order valence-corrected chi connectivity index (χ3v) is 11.5. The number of nitrogens with one attached hydrogen (secondary N) is 2. The summed E-state index contributed by atoms with van der Waals surface area (Å²) in [5.41, 5.74) is 6.15. The first-order chi connectivity index (χ1) is 24.7. The maximum Gasteiger partial charge on any atom is 0.291 e. The Bertz CT molecular complexity index is 2000. The number of hydrogen-bond acceptors (Lipinski definition) is 7. The second-order valence-corrected chi connectivity index (χ2v) is 14.5. The van der Waals surface area contributed by atoms with Crippen LogP contribution in [0.2, 0.25) is 5.02 Å². The molecule has 11 nitrogen and oxygen atoms in total. The van der Waals surface area contributed by atoms with E-state index < -0.39 is 0 Å². The van der Waals surface area contributed by atoms with Crippen LogP contribution in [0.1, 0.15) is 95.0 Å². The molecule has 0 radical (unpaired) electrons. The summed E-state index contributed by atoms with van der Waals surface area (Å²) in [7, 11) is 3.76. The smallest absolute Gasteiger partial charge is 0.291 e. The van der Waals surface area contributed by atoms with Crippen LogP contribution in [0.5, 0.6) is 0 Å². The number of likely N-dealkylation sites (N-methyl/N-ethyl adjacent to an activating group) is 1. The molecule has 266 valence electrons. The SMILES string of the molecule is CCN1CCc2c(nc(C(=O)Nc3cccc(-c4cccc(NC(=O)c5nc6c(n5C)CCN(CCC5CCCCC5)C6)c4C#N)c3Cl)n2C)C1. The summed E-state index contributed by atoms with van der Waals surface area (Å²) in [4.78, 5) is 41.4. The van der Waals surface area contributed by atoms with Gasteiger partial charge in [0.15, 0.2) is 11.6 Å². The van der Waals surface area contributed by atoms with Gasteiger partial charge in [0.2, 0.25) is 0 Å². The predicted molar refractivity (Wildman–Crippen MR) is 199 cm³/mol. The van der Waals surface area contributed by atoms with Crippen molar-refractivity contribution in [2.75, 3.05) is 36.8 Å². The third-order valence-electron chi connectivity index (χ3n) is 11.1. The number of fused-ring (bicyclic) bond motifs is 2. The number of aromatic nitrogens is 4. The van der Waals surface area contributed by atoms with Crippen molar-refractivity contribution in [1.82, 2.24) is 28.9 Å². The summed E-state index contributed by atoms with van der Waals surface area (Å²) in [6.07, 6.45) is 9.68. The number of nitriles is 1. The van der Waals surface area contributed by atoms with Gasteiger partial charge in [-0.1, -0.05) is 74.9 Å². The number of halogens is 1. The number of nitrogens with zero attached hydrogens (tertiary/aromatic N) is 7. The minimum absolute atomic E-state index is 0.265. The molecule has 3 aliphatic rings. The Labute approximate surface area is 304 Å². The van der Waals surface area contributed by atoms with Gasteiger partial charge in [0.25, 0.3) is 11.8 Å². The Morgan fingerprint density at radius 3 is 2.04 bits per heavy atom. The van der Waals surface area contributed by atoms with Crippen molar-refractivity contribution in [1.29, 1.82) is 5.26 Å². The first-order valence-corrected chi connectivity index (χ1v) is 18.6. The lowest BCUT2D eigenvalue weighted by Crippen LogP contribution is -2.33. The van der Waals surface area contributed by atoms with Gasteiger partial charge in [0, 0.05) is 75.6 Å². The molecule has 2 aromatic heterocycles. The van der Waals surface area contributed by atoms with Crippen molar-refractivity contribution in [3.8, 4) is 17.2 Å². The number of imidazole rings is 2. The summed E-state index contributed by atoms with van der Waals surface area (Å²) in [6, 6.07) is 12.8. The van der Waals surface area contributed by atoms with E-state index in [0.29, 0.717) is 40.7 Å². The van der Waals surface area contributed by atoms with E-state index in [-0.39, 0.29) is 22.4 Å². The highest BCUT2D eigenvalue weighted by Gasteiger charge is 2.28. The number of amides is 2. The van der Waals surface area contributed by atoms with Crippen LogP contribution in [-0.4, -0.2) is 66.9 Å². The molecular weight excluding hydrogens is 662 g/mol. The number of carbonyl (C=O) groups is 2.